The lowest BCUT2D eigenvalue weighted by Crippen LogP contribution is -2.35. The van der Waals surface area contributed by atoms with Gasteiger partial charge in [0.1, 0.15) is 5.82 Å². The van der Waals surface area contributed by atoms with E-state index >= 15 is 0 Å². The fourth-order valence-corrected chi connectivity index (χ4v) is 1.92. The van der Waals surface area contributed by atoms with Crippen LogP contribution in [0.1, 0.15) is 26.3 Å². The number of nitrogens with zero attached hydrogens (tertiary/aromatic N) is 2. The van der Waals surface area contributed by atoms with Crippen LogP contribution in [0.3, 0.4) is 0 Å². The lowest BCUT2D eigenvalue weighted by Gasteiger charge is -2.41. The molecule has 1 aliphatic rings. The van der Waals surface area contributed by atoms with Crippen LogP contribution >= 0.6 is 0 Å². The second-order valence-electron chi connectivity index (χ2n) is 3.84. The van der Waals surface area contributed by atoms with E-state index in [1.165, 1.54) is 6.42 Å². The standard InChI is InChI=1S/C9H15N3/c1-6-5-8(7(6)2)12-9(10)3-4-11-12/h3-4,6-8H,5,10H2,1-2H3. The van der Waals surface area contributed by atoms with Gasteiger partial charge in [-0.25, -0.2) is 4.68 Å². The maximum Gasteiger partial charge on any atom is 0.121 e. The minimum Gasteiger partial charge on any atom is -0.384 e. The molecule has 1 aromatic heterocycles. The number of hydrogen-bond donors (Lipinski definition) is 1. The maximum atomic E-state index is 5.76. The first kappa shape index (κ1) is 7.65. The lowest BCUT2D eigenvalue weighted by molar-refractivity contribution is 0.103. The van der Waals surface area contributed by atoms with Crippen LogP contribution in [0, 0.1) is 11.8 Å². The van der Waals surface area contributed by atoms with Gasteiger partial charge in [-0.15, -0.1) is 0 Å². The smallest absolute Gasteiger partial charge is 0.121 e. The van der Waals surface area contributed by atoms with Crippen LogP contribution in [-0.4, -0.2) is 9.78 Å². The largest absolute Gasteiger partial charge is 0.384 e. The normalized spacial score (nSPS) is 34.7. The summed E-state index contributed by atoms with van der Waals surface area (Å²) in [7, 11) is 0. The van der Waals surface area contributed by atoms with Crippen LogP contribution < -0.4 is 5.73 Å². The Hall–Kier alpha value is -0.990. The van der Waals surface area contributed by atoms with Crippen LogP contribution in [0.15, 0.2) is 12.3 Å². The number of aromatic nitrogens is 2. The zero-order valence-electron chi connectivity index (χ0n) is 7.57. The molecule has 0 radical (unpaired) electrons. The van der Waals surface area contributed by atoms with E-state index in [0.717, 1.165) is 11.7 Å². The molecule has 1 aliphatic carbocycles. The first-order chi connectivity index (χ1) is 5.70. The summed E-state index contributed by atoms with van der Waals surface area (Å²) < 4.78 is 1.95. The molecule has 0 amide bonds. The van der Waals surface area contributed by atoms with Gasteiger partial charge >= 0.3 is 0 Å². The molecule has 0 aromatic carbocycles. The summed E-state index contributed by atoms with van der Waals surface area (Å²) in [5.74, 6) is 2.32. The fourth-order valence-electron chi connectivity index (χ4n) is 1.92. The SMILES string of the molecule is CC1CC(n2nccc2N)C1C. The van der Waals surface area contributed by atoms with Crippen molar-refractivity contribution in [3.63, 3.8) is 0 Å². The lowest BCUT2D eigenvalue weighted by atomic mass is 9.71. The van der Waals surface area contributed by atoms with Gasteiger partial charge < -0.3 is 5.73 Å². The van der Waals surface area contributed by atoms with E-state index in [9.17, 15) is 0 Å². The minimum atomic E-state index is 0.537. The van der Waals surface area contributed by atoms with Gasteiger partial charge in [0.15, 0.2) is 0 Å². The molecular weight excluding hydrogens is 150 g/mol. The van der Waals surface area contributed by atoms with Crippen molar-refractivity contribution in [1.29, 1.82) is 0 Å². The summed E-state index contributed by atoms with van der Waals surface area (Å²) in [5.41, 5.74) is 5.76. The van der Waals surface area contributed by atoms with Crippen LogP contribution in [0.5, 0.6) is 0 Å². The second-order valence-corrected chi connectivity index (χ2v) is 3.84. The predicted molar refractivity (Wildman–Crippen MR) is 48.6 cm³/mol. The predicted octanol–water partition coefficient (Wildman–Crippen LogP) is 1.68. The van der Waals surface area contributed by atoms with E-state index in [0.29, 0.717) is 12.0 Å². The number of hydrogen-bond acceptors (Lipinski definition) is 2. The zero-order chi connectivity index (χ0) is 8.72. The van der Waals surface area contributed by atoms with Gasteiger partial charge in [-0.05, 0) is 24.3 Å². The first-order valence-electron chi connectivity index (χ1n) is 4.49. The molecule has 1 aromatic rings. The molecule has 3 atom stereocenters. The van der Waals surface area contributed by atoms with Crippen molar-refractivity contribution >= 4 is 5.82 Å². The third-order valence-corrected chi connectivity index (χ3v) is 3.13. The molecule has 0 spiro atoms. The summed E-state index contributed by atoms with van der Waals surface area (Å²) in [6, 6.07) is 2.39. The third kappa shape index (κ3) is 0.924. The zero-order valence-corrected chi connectivity index (χ0v) is 7.57. The highest BCUT2D eigenvalue weighted by Crippen LogP contribution is 2.43. The van der Waals surface area contributed by atoms with Crippen molar-refractivity contribution in [3.8, 4) is 0 Å². The highest BCUT2D eigenvalue weighted by molar-refractivity contribution is 5.27. The Morgan fingerprint density at radius 1 is 1.58 bits per heavy atom. The second kappa shape index (κ2) is 2.51. The van der Waals surface area contributed by atoms with Gasteiger partial charge in [0.25, 0.3) is 0 Å². The van der Waals surface area contributed by atoms with Crippen molar-refractivity contribution in [2.24, 2.45) is 11.8 Å². The van der Waals surface area contributed by atoms with Crippen molar-refractivity contribution in [2.75, 3.05) is 5.73 Å². The van der Waals surface area contributed by atoms with Crippen LogP contribution in [0.25, 0.3) is 0 Å². The summed E-state index contributed by atoms with van der Waals surface area (Å²) in [6.07, 6.45) is 2.98. The third-order valence-electron chi connectivity index (χ3n) is 3.13. The van der Waals surface area contributed by atoms with Gasteiger partial charge in [-0.1, -0.05) is 13.8 Å². The van der Waals surface area contributed by atoms with Gasteiger partial charge in [0.05, 0.1) is 12.2 Å². The molecule has 2 rings (SSSR count). The van der Waals surface area contributed by atoms with Gasteiger partial charge in [-0.2, -0.15) is 5.10 Å². The Balaban J connectivity index is 2.18. The maximum absolute atomic E-state index is 5.76. The van der Waals surface area contributed by atoms with E-state index in [-0.39, 0.29) is 0 Å². The van der Waals surface area contributed by atoms with E-state index in [1.807, 2.05) is 10.7 Å². The highest BCUT2D eigenvalue weighted by atomic mass is 15.3. The van der Waals surface area contributed by atoms with Gasteiger partial charge in [0, 0.05) is 0 Å². The molecule has 0 aliphatic heterocycles. The van der Waals surface area contributed by atoms with Crippen molar-refractivity contribution < 1.29 is 0 Å². The fraction of sp³-hybridized carbons (Fsp3) is 0.667. The Labute approximate surface area is 72.6 Å². The van der Waals surface area contributed by atoms with E-state index in [4.69, 9.17) is 5.73 Å². The number of anilines is 1. The highest BCUT2D eigenvalue weighted by Gasteiger charge is 2.36. The van der Waals surface area contributed by atoms with Crippen LogP contribution in [0.2, 0.25) is 0 Å². The molecule has 12 heavy (non-hydrogen) atoms. The van der Waals surface area contributed by atoms with Gasteiger partial charge in [-0.3, -0.25) is 0 Å². The summed E-state index contributed by atoms with van der Waals surface area (Å²) >= 11 is 0. The first-order valence-corrected chi connectivity index (χ1v) is 4.49. The molecule has 1 fully saturated rings. The van der Waals surface area contributed by atoms with Crippen molar-refractivity contribution in [2.45, 2.75) is 26.3 Å². The van der Waals surface area contributed by atoms with Crippen molar-refractivity contribution in [1.82, 2.24) is 9.78 Å². The molecule has 1 saturated carbocycles. The van der Waals surface area contributed by atoms with Gasteiger partial charge in [0.2, 0.25) is 0 Å². The summed E-state index contributed by atoms with van der Waals surface area (Å²) in [6.45, 7) is 4.54. The average Bonchev–Trinajstić information content (AvgIpc) is 2.46. The molecule has 0 saturated heterocycles. The van der Waals surface area contributed by atoms with E-state index < -0.39 is 0 Å². The summed E-state index contributed by atoms with van der Waals surface area (Å²) in [4.78, 5) is 0. The Morgan fingerprint density at radius 2 is 2.33 bits per heavy atom. The molecule has 2 N–H and O–H groups in total. The topological polar surface area (TPSA) is 43.8 Å². The monoisotopic (exact) mass is 165 g/mol. The minimum absolute atomic E-state index is 0.537. The molecule has 0 bridgehead atoms. The Kier molecular flexibility index (Phi) is 1.60. The average molecular weight is 165 g/mol. The molecule has 3 unspecified atom stereocenters. The molecule has 1 heterocycles. The summed E-state index contributed by atoms with van der Waals surface area (Å²) in [5, 5.41) is 4.21. The van der Waals surface area contributed by atoms with E-state index in [1.54, 1.807) is 6.20 Å². The molecule has 3 heteroatoms. The number of nitrogen functional groups attached to an aromatic ring is 1. The number of rotatable bonds is 1. The van der Waals surface area contributed by atoms with E-state index in [2.05, 4.69) is 18.9 Å². The van der Waals surface area contributed by atoms with Crippen LogP contribution in [-0.2, 0) is 0 Å². The molecule has 3 nitrogen and oxygen atoms in total. The Morgan fingerprint density at radius 3 is 2.75 bits per heavy atom. The molecular formula is C9H15N3. The van der Waals surface area contributed by atoms with Crippen molar-refractivity contribution in [3.05, 3.63) is 12.3 Å². The quantitative estimate of drug-likeness (QED) is 0.688. The Bertz CT molecular complexity index is 279. The molecule has 66 valence electrons. The van der Waals surface area contributed by atoms with Crippen LogP contribution in [0.4, 0.5) is 5.82 Å². The number of nitrogens with two attached hydrogens (primary N) is 1.